The van der Waals surface area contributed by atoms with Gasteiger partial charge in [0.25, 0.3) is 5.91 Å². The fraction of sp³-hybridized carbons (Fsp3) is 0.591. The van der Waals surface area contributed by atoms with Crippen LogP contribution in [-0.2, 0) is 52.7 Å². The molecule has 1 aliphatic heterocycles. The van der Waals surface area contributed by atoms with Crippen LogP contribution in [-0.4, -0.2) is 163 Å². The molecule has 394 valence electrons. The number of rotatable bonds is 26. The molecule has 9 amide bonds. The fourth-order valence-electron chi connectivity index (χ4n) is 7.05. The summed E-state index contributed by atoms with van der Waals surface area (Å²) in [6.45, 7) is 10.2. The van der Waals surface area contributed by atoms with E-state index in [4.69, 9.17) is 16.3 Å². The minimum Gasteiger partial charge on any atom is -0.481 e. The van der Waals surface area contributed by atoms with E-state index in [9.17, 15) is 78.0 Å². The maximum Gasteiger partial charge on any atom is 0.434 e. The van der Waals surface area contributed by atoms with Crippen molar-refractivity contribution < 1.29 is 82.7 Å². The Labute approximate surface area is 413 Å². The van der Waals surface area contributed by atoms with Crippen LogP contribution in [0.25, 0.3) is 0 Å². The first-order valence-electron chi connectivity index (χ1n) is 22.6. The summed E-state index contributed by atoms with van der Waals surface area (Å²) in [5.74, 6) is -14.0. The summed E-state index contributed by atoms with van der Waals surface area (Å²) in [5.41, 5.74) is 2.53. The Morgan fingerprint density at radius 2 is 1.18 bits per heavy atom. The lowest BCUT2D eigenvalue weighted by molar-refractivity contribution is -0.144. The molecule has 71 heavy (non-hydrogen) atoms. The molecule has 27 heteroatoms. The molecule has 2 rings (SSSR count). The lowest BCUT2D eigenvalue weighted by Crippen LogP contribution is -2.62. The molecule has 1 aromatic rings. The summed E-state index contributed by atoms with van der Waals surface area (Å²) in [6, 6.07) is -5.40. The fourth-order valence-corrected chi connectivity index (χ4v) is 7.18. The molecule has 8 atom stereocenters. The smallest absolute Gasteiger partial charge is 0.434 e. The van der Waals surface area contributed by atoms with Crippen LogP contribution in [0, 0.1) is 11.8 Å². The van der Waals surface area contributed by atoms with Gasteiger partial charge in [-0.3, -0.25) is 58.2 Å². The number of carbonyl (C=O) groups is 12. The largest absolute Gasteiger partial charge is 0.481 e. The SMILES string of the molecule is CCCN(NC(=O)[C@@H]1CCCN1C(=O)[C@@H](NC(=O)[C@@H](NC(=O)[C@H](CC(=O)O)NC(=O)[C@H](CCC(=O)O)NC(=O)[C@@H](NC(=O)[C@H](CC(=O)O)NC(C)=O)[C@@H](C)O)C(C)C)C(C)C)C(=O)Oc1ccc(Cl)cc1. The predicted molar refractivity (Wildman–Crippen MR) is 247 cm³/mol. The van der Waals surface area contributed by atoms with Gasteiger partial charge < -0.3 is 62.0 Å². The normalized spacial score (nSPS) is 16.1. The van der Waals surface area contributed by atoms with Crippen LogP contribution in [0.4, 0.5) is 4.79 Å². The summed E-state index contributed by atoms with van der Waals surface area (Å²) in [4.78, 5) is 156. The van der Waals surface area contributed by atoms with Crippen LogP contribution < -0.4 is 42.1 Å². The van der Waals surface area contributed by atoms with Crippen LogP contribution in [0.1, 0.15) is 93.4 Å². The molecule has 0 saturated carbocycles. The number of benzene rings is 1. The van der Waals surface area contributed by atoms with Crippen LogP contribution in [0.5, 0.6) is 5.75 Å². The van der Waals surface area contributed by atoms with E-state index in [2.05, 4.69) is 37.3 Å². The lowest BCUT2D eigenvalue weighted by atomic mass is 9.98. The zero-order valence-corrected chi connectivity index (χ0v) is 41.1. The van der Waals surface area contributed by atoms with E-state index in [1.807, 2.05) is 0 Å². The van der Waals surface area contributed by atoms with Gasteiger partial charge in [0.05, 0.1) is 18.9 Å². The molecular formula is C44H64ClN9O17. The van der Waals surface area contributed by atoms with E-state index < -0.39 is 157 Å². The topological polar surface area (TPSA) is 386 Å². The second-order valence-electron chi connectivity index (χ2n) is 17.3. The van der Waals surface area contributed by atoms with Crippen molar-refractivity contribution in [3.63, 3.8) is 0 Å². The number of halogens is 1. The Morgan fingerprint density at radius 3 is 1.68 bits per heavy atom. The van der Waals surface area contributed by atoms with E-state index in [1.165, 1.54) is 43.0 Å². The van der Waals surface area contributed by atoms with Gasteiger partial charge in [0.2, 0.25) is 41.4 Å². The number of aliphatic carboxylic acids is 3. The van der Waals surface area contributed by atoms with E-state index in [-0.39, 0.29) is 25.3 Å². The first-order valence-corrected chi connectivity index (χ1v) is 23.0. The highest BCUT2D eigenvalue weighted by Crippen LogP contribution is 2.22. The summed E-state index contributed by atoms with van der Waals surface area (Å²) in [5, 5.41) is 53.4. The summed E-state index contributed by atoms with van der Waals surface area (Å²) in [7, 11) is 0. The van der Waals surface area contributed by atoms with Crippen LogP contribution in [0.3, 0.4) is 0 Å². The van der Waals surface area contributed by atoms with E-state index in [0.29, 0.717) is 17.9 Å². The number of hydrazine groups is 1. The van der Waals surface area contributed by atoms with Gasteiger partial charge in [-0.1, -0.05) is 46.2 Å². The van der Waals surface area contributed by atoms with Crippen molar-refractivity contribution in [3.05, 3.63) is 29.3 Å². The second-order valence-corrected chi connectivity index (χ2v) is 17.8. The third-order valence-electron chi connectivity index (χ3n) is 10.7. The highest BCUT2D eigenvalue weighted by molar-refractivity contribution is 6.30. The molecule has 1 saturated heterocycles. The molecule has 0 spiro atoms. The molecule has 0 aromatic heterocycles. The summed E-state index contributed by atoms with van der Waals surface area (Å²) >= 11 is 5.92. The molecule has 0 radical (unpaired) electrons. The number of hydrogen-bond donors (Lipinski definition) is 11. The maximum atomic E-state index is 14.2. The third kappa shape index (κ3) is 19.7. The average molecular weight is 1030 g/mol. The number of nitrogens with one attached hydrogen (secondary N) is 7. The monoisotopic (exact) mass is 1030 g/mol. The van der Waals surface area contributed by atoms with Crippen molar-refractivity contribution in [2.45, 2.75) is 142 Å². The number of likely N-dealkylation sites (tertiary alicyclic amines) is 1. The predicted octanol–water partition coefficient (Wildman–Crippen LogP) is -0.991. The van der Waals surface area contributed by atoms with Gasteiger partial charge in [0, 0.05) is 31.5 Å². The number of carbonyl (C=O) groups excluding carboxylic acids is 9. The van der Waals surface area contributed by atoms with Crippen molar-refractivity contribution >= 4 is 82.9 Å². The number of aliphatic hydroxyl groups excluding tert-OH is 1. The Kier molecular flexibility index (Phi) is 24.1. The summed E-state index contributed by atoms with van der Waals surface area (Å²) < 4.78 is 5.38. The maximum absolute atomic E-state index is 14.2. The van der Waals surface area contributed by atoms with E-state index >= 15 is 0 Å². The molecule has 1 aromatic carbocycles. The standard InChI is InChI=1S/C44H64ClN9O17/c1-8-17-54(44(70)71-26-13-11-25(45)12-14-26)52-40(66)30-10-9-18-53(30)43(69)35(22(4)5)50-41(67)34(21(2)3)49-39(65)29(20-33(61)62)48-37(63)27(15-16-31(57)58)47-42(68)36(23(6)55)51-38(64)28(19-32(59)60)46-24(7)56/h11-14,21-23,27-30,34-36,55H,8-10,15-20H2,1-7H3,(H,46,56)(H,47,68)(H,48,63)(H,49,65)(H,50,67)(H,51,64)(H,52,66)(H,57,58)(H,59,60)(H,61,62)/t23-,27+,28+,29+,30+,34+,35+,36+/m1/s1. The van der Waals surface area contributed by atoms with Crippen LogP contribution >= 0.6 is 11.6 Å². The number of ether oxygens (including phenoxy) is 1. The molecule has 0 unspecified atom stereocenters. The van der Waals surface area contributed by atoms with E-state index in [0.717, 1.165) is 18.9 Å². The third-order valence-corrected chi connectivity index (χ3v) is 10.9. The van der Waals surface area contributed by atoms with Crippen molar-refractivity contribution in [1.82, 2.24) is 47.2 Å². The minimum absolute atomic E-state index is 0.0537. The van der Waals surface area contributed by atoms with Gasteiger partial charge in [0.1, 0.15) is 48.0 Å². The zero-order chi connectivity index (χ0) is 53.9. The van der Waals surface area contributed by atoms with Crippen LogP contribution in [0.15, 0.2) is 24.3 Å². The Bertz CT molecular complexity index is 2110. The van der Waals surface area contributed by atoms with Crippen molar-refractivity contribution in [1.29, 1.82) is 0 Å². The molecule has 11 N–H and O–H groups in total. The molecule has 0 aliphatic carbocycles. The van der Waals surface area contributed by atoms with Crippen molar-refractivity contribution in [2.24, 2.45) is 11.8 Å². The number of hydrogen-bond acceptors (Lipinski definition) is 14. The van der Waals surface area contributed by atoms with Gasteiger partial charge in [-0.15, -0.1) is 0 Å². The number of carboxylic acids is 3. The van der Waals surface area contributed by atoms with Gasteiger partial charge in [-0.25, -0.2) is 9.80 Å². The zero-order valence-electron chi connectivity index (χ0n) is 40.3. The molecule has 0 bridgehead atoms. The Balaban J connectivity index is 2.30. The quantitative estimate of drug-likeness (QED) is 0.0496. The van der Waals surface area contributed by atoms with Crippen molar-refractivity contribution in [3.8, 4) is 5.75 Å². The Hall–Kier alpha value is -7.09. The van der Waals surface area contributed by atoms with Gasteiger partial charge in [0.15, 0.2) is 0 Å². The van der Waals surface area contributed by atoms with Gasteiger partial charge in [-0.05, 0) is 68.7 Å². The van der Waals surface area contributed by atoms with E-state index in [1.54, 1.807) is 20.8 Å². The lowest BCUT2D eigenvalue weighted by Gasteiger charge is -2.33. The second kappa shape index (κ2) is 28.5. The molecule has 1 aliphatic rings. The number of nitrogens with zero attached hydrogens (tertiary/aromatic N) is 2. The highest BCUT2D eigenvalue weighted by atomic mass is 35.5. The Morgan fingerprint density at radius 1 is 0.690 bits per heavy atom. The van der Waals surface area contributed by atoms with Crippen molar-refractivity contribution in [2.75, 3.05) is 13.1 Å². The summed E-state index contributed by atoms with van der Waals surface area (Å²) in [6.07, 6.45) is -5.13. The number of carboxylic acid groups (broad SMARTS) is 3. The first-order chi connectivity index (χ1) is 33.2. The average Bonchev–Trinajstić information content (AvgIpc) is 3.77. The number of amides is 9. The molecule has 1 fully saturated rings. The van der Waals surface area contributed by atoms with Crippen LogP contribution in [0.2, 0.25) is 5.02 Å². The number of aliphatic hydroxyl groups is 1. The van der Waals surface area contributed by atoms with Gasteiger partial charge >= 0.3 is 24.0 Å². The molecule has 1 heterocycles. The molecular weight excluding hydrogens is 962 g/mol. The highest BCUT2D eigenvalue weighted by Gasteiger charge is 2.41. The van der Waals surface area contributed by atoms with Gasteiger partial charge in [-0.2, -0.15) is 0 Å². The first kappa shape index (κ1) is 60.0. The molecule has 26 nitrogen and oxygen atoms in total. The minimum atomic E-state index is -1.98.